The van der Waals surface area contributed by atoms with Gasteiger partial charge in [-0.2, -0.15) is 0 Å². The van der Waals surface area contributed by atoms with Gasteiger partial charge in [0.25, 0.3) is 0 Å². The minimum atomic E-state index is -0.765. The van der Waals surface area contributed by atoms with E-state index in [4.69, 9.17) is 0 Å². The zero-order valence-corrected chi connectivity index (χ0v) is 10.5. The smallest absolute Gasteiger partial charge is 0.223 e. The number of aliphatic hydroxyl groups is 1. The van der Waals surface area contributed by atoms with E-state index in [0.717, 1.165) is 11.1 Å². The van der Waals surface area contributed by atoms with Crippen molar-refractivity contribution in [2.24, 2.45) is 0 Å². The standard InChI is InChI=1S/C15H16N2O2/c18-14(13-4-2-1-3-5-13)10-15(19)17-11-12-6-8-16-9-7-12/h1-9,14,18H,10-11H2,(H,17,19). The van der Waals surface area contributed by atoms with Crippen molar-refractivity contribution in [3.63, 3.8) is 0 Å². The molecule has 1 aromatic heterocycles. The highest BCUT2D eigenvalue weighted by Crippen LogP contribution is 2.15. The van der Waals surface area contributed by atoms with Crippen molar-refractivity contribution in [3.05, 3.63) is 66.0 Å². The van der Waals surface area contributed by atoms with Gasteiger partial charge in [-0.15, -0.1) is 0 Å². The van der Waals surface area contributed by atoms with E-state index in [1.54, 1.807) is 24.5 Å². The van der Waals surface area contributed by atoms with Crippen LogP contribution < -0.4 is 5.32 Å². The van der Waals surface area contributed by atoms with Gasteiger partial charge in [-0.25, -0.2) is 0 Å². The molecule has 1 heterocycles. The molecule has 0 aliphatic rings. The molecular weight excluding hydrogens is 240 g/mol. The van der Waals surface area contributed by atoms with Gasteiger partial charge in [0.05, 0.1) is 12.5 Å². The lowest BCUT2D eigenvalue weighted by molar-refractivity contribution is -0.123. The lowest BCUT2D eigenvalue weighted by atomic mass is 10.1. The van der Waals surface area contributed by atoms with E-state index in [1.807, 2.05) is 30.3 Å². The first kappa shape index (κ1) is 13.2. The third-order valence-electron chi connectivity index (χ3n) is 2.80. The Morgan fingerprint density at radius 2 is 1.84 bits per heavy atom. The highest BCUT2D eigenvalue weighted by atomic mass is 16.3. The van der Waals surface area contributed by atoms with E-state index in [-0.39, 0.29) is 12.3 Å². The fourth-order valence-electron chi connectivity index (χ4n) is 1.74. The van der Waals surface area contributed by atoms with Crippen molar-refractivity contribution >= 4 is 5.91 Å². The van der Waals surface area contributed by atoms with Crippen molar-refractivity contribution in [1.82, 2.24) is 10.3 Å². The molecule has 98 valence electrons. The van der Waals surface area contributed by atoms with Gasteiger partial charge >= 0.3 is 0 Å². The number of pyridine rings is 1. The molecule has 0 saturated heterocycles. The van der Waals surface area contributed by atoms with E-state index < -0.39 is 6.10 Å². The van der Waals surface area contributed by atoms with Crippen molar-refractivity contribution in [2.45, 2.75) is 19.1 Å². The Morgan fingerprint density at radius 1 is 1.16 bits per heavy atom. The monoisotopic (exact) mass is 256 g/mol. The van der Waals surface area contributed by atoms with Crippen molar-refractivity contribution < 1.29 is 9.90 Å². The Kier molecular flexibility index (Phi) is 4.64. The van der Waals surface area contributed by atoms with E-state index in [0.29, 0.717) is 6.54 Å². The van der Waals surface area contributed by atoms with Gasteiger partial charge in [0.15, 0.2) is 0 Å². The number of carbonyl (C=O) groups excluding carboxylic acids is 1. The van der Waals surface area contributed by atoms with Gasteiger partial charge in [-0.1, -0.05) is 30.3 Å². The average Bonchev–Trinajstić information content (AvgIpc) is 2.47. The van der Waals surface area contributed by atoms with Crippen LogP contribution in [-0.2, 0) is 11.3 Å². The van der Waals surface area contributed by atoms with Crippen LogP contribution in [0.3, 0.4) is 0 Å². The SMILES string of the molecule is O=C(CC(O)c1ccccc1)NCc1ccncc1. The van der Waals surface area contributed by atoms with Crippen LogP contribution in [0.25, 0.3) is 0 Å². The van der Waals surface area contributed by atoms with E-state index in [9.17, 15) is 9.90 Å². The maximum Gasteiger partial charge on any atom is 0.223 e. The van der Waals surface area contributed by atoms with E-state index in [1.165, 1.54) is 0 Å². The second-order valence-corrected chi connectivity index (χ2v) is 4.26. The van der Waals surface area contributed by atoms with Gasteiger partial charge < -0.3 is 10.4 Å². The largest absolute Gasteiger partial charge is 0.388 e. The Bertz CT molecular complexity index is 514. The number of hydrogen-bond donors (Lipinski definition) is 2. The van der Waals surface area contributed by atoms with Crippen LogP contribution in [0.5, 0.6) is 0 Å². The second-order valence-electron chi connectivity index (χ2n) is 4.26. The van der Waals surface area contributed by atoms with Crippen LogP contribution in [0, 0.1) is 0 Å². The molecular formula is C15H16N2O2. The third-order valence-corrected chi connectivity index (χ3v) is 2.80. The molecule has 0 saturated carbocycles. The number of aromatic nitrogens is 1. The number of amides is 1. The quantitative estimate of drug-likeness (QED) is 0.857. The summed E-state index contributed by atoms with van der Waals surface area (Å²) in [6.45, 7) is 0.447. The summed E-state index contributed by atoms with van der Waals surface area (Å²) in [7, 11) is 0. The Hall–Kier alpha value is -2.20. The predicted molar refractivity (Wildman–Crippen MR) is 72.1 cm³/mol. The van der Waals surface area contributed by atoms with Crippen LogP contribution in [0.1, 0.15) is 23.7 Å². The first-order valence-corrected chi connectivity index (χ1v) is 6.14. The molecule has 0 aliphatic heterocycles. The molecule has 19 heavy (non-hydrogen) atoms. The summed E-state index contributed by atoms with van der Waals surface area (Å²) in [4.78, 5) is 15.6. The molecule has 0 aliphatic carbocycles. The first-order chi connectivity index (χ1) is 9.25. The zero-order valence-electron chi connectivity index (χ0n) is 10.5. The minimum Gasteiger partial charge on any atom is -0.388 e. The average molecular weight is 256 g/mol. The number of rotatable bonds is 5. The summed E-state index contributed by atoms with van der Waals surface area (Å²) in [6, 6.07) is 12.9. The molecule has 2 N–H and O–H groups in total. The normalized spacial score (nSPS) is 11.8. The second kappa shape index (κ2) is 6.66. The lowest BCUT2D eigenvalue weighted by Gasteiger charge is -2.11. The van der Waals surface area contributed by atoms with Crippen LogP contribution in [-0.4, -0.2) is 16.0 Å². The third kappa shape index (κ3) is 4.19. The zero-order chi connectivity index (χ0) is 13.5. The molecule has 2 aromatic rings. The Labute approximate surface area is 112 Å². The number of benzene rings is 1. The topological polar surface area (TPSA) is 62.2 Å². The predicted octanol–water partition coefficient (Wildman–Crippen LogP) is 1.82. The summed E-state index contributed by atoms with van der Waals surface area (Å²) in [5.41, 5.74) is 1.74. The fraction of sp³-hybridized carbons (Fsp3) is 0.200. The van der Waals surface area contributed by atoms with E-state index in [2.05, 4.69) is 10.3 Å². The van der Waals surface area contributed by atoms with Gasteiger partial charge in [0, 0.05) is 18.9 Å². The Balaban J connectivity index is 1.82. The molecule has 0 spiro atoms. The highest BCUT2D eigenvalue weighted by Gasteiger charge is 2.12. The van der Waals surface area contributed by atoms with E-state index >= 15 is 0 Å². The first-order valence-electron chi connectivity index (χ1n) is 6.14. The molecule has 2 rings (SSSR count). The maximum absolute atomic E-state index is 11.7. The summed E-state index contributed by atoms with van der Waals surface area (Å²) in [6.07, 6.45) is 2.66. The molecule has 0 bridgehead atoms. The van der Waals surface area contributed by atoms with Crippen molar-refractivity contribution in [3.8, 4) is 0 Å². The maximum atomic E-state index is 11.7. The summed E-state index contributed by atoms with van der Waals surface area (Å²) >= 11 is 0. The number of nitrogens with one attached hydrogen (secondary N) is 1. The Morgan fingerprint density at radius 3 is 2.53 bits per heavy atom. The molecule has 1 atom stereocenters. The fourth-order valence-corrected chi connectivity index (χ4v) is 1.74. The van der Waals surface area contributed by atoms with Crippen molar-refractivity contribution in [2.75, 3.05) is 0 Å². The molecule has 4 heteroatoms. The minimum absolute atomic E-state index is 0.0646. The summed E-state index contributed by atoms with van der Waals surface area (Å²) in [5, 5.41) is 12.7. The molecule has 1 unspecified atom stereocenters. The van der Waals surface area contributed by atoms with Crippen molar-refractivity contribution in [1.29, 1.82) is 0 Å². The van der Waals surface area contributed by atoms with Crippen LogP contribution >= 0.6 is 0 Å². The van der Waals surface area contributed by atoms with Gasteiger partial charge in [0.1, 0.15) is 0 Å². The molecule has 1 amide bonds. The summed E-state index contributed by atoms with van der Waals surface area (Å²) < 4.78 is 0. The highest BCUT2D eigenvalue weighted by molar-refractivity contribution is 5.76. The number of nitrogens with zero attached hydrogens (tertiary/aromatic N) is 1. The molecule has 1 aromatic carbocycles. The number of carbonyl (C=O) groups is 1. The number of aliphatic hydroxyl groups excluding tert-OH is 1. The lowest BCUT2D eigenvalue weighted by Crippen LogP contribution is -2.24. The van der Waals surface area contributed by atoms with Crippen LogP contribution in [0.4, 0.5) is 0 Å². The van der Waals surface area contributed by atoms with Gasteiger partial charge in [-0.3, -0.25) is 9.78 Å². The van der Waals surface area contributed by atoms with Gasteiger partial charge in [0.2, 0.25) is 5.91 Å². The summed E-state index contributed by atoms with van der Waals surface area (Å²) in [5.74, 6) is -0.173. The van der Waals surface area contributed by atoms with Crippen LogP contribution in [0.15, 0.2) is 54.9 Å². The number of hydrogen-bond acceptors (Lipinski definition) is 3. The van der Waals surface area contributed by atoms with Crippen LogP contribution in [0.2, 0.25) is 0 Å². The van der Waals surface area contributed by atoms with Gasteiger partial charge in [-0.05, 0) is 23.3 Å². The molecule has 0 fully saturated rings. The molecule has 0 radical (unpaired) electrons. The molecule has 4 nitrogen and oxygen atoms in total.